The lowest BCUT2D eigenvalue weighted by atomic mass is 10.3. The van der Waals surface area contributed by atoms with Gasteiger partial charge in [0.1, 0.15) is 11.1 Å². The first-order chi connectivity index (χ1) is 6.22. The summed E-state index contributed by atoms with van der Waals surface area (Å²) < 4.78 is 0. The van der Waals surface area contributed by atoms with Gasteiger partial charge in [-0.05, 0) is 24.3 Å². The van der Waals surface area contributed by atoms with E-state index in [1.54, 1.807) is 30.3 Å². The Morgan fingerprint density at radius 2 is 2.00 bits per heavy atom. The predicted molar refractivity (Wildman–Crippen MR) is 54.6 cm³/mol. The molecule has 0 spiro atoms. The van der Waals surface area contributed by atoms with Crippen molar-refractivity contribution in [2.75, 3.05) is 5.32 Å². The molecule has 13 heavy (non-hydrogen) atoms. The number of nitrogens with zero attached hydrogens (tertiary/aromatic N) is 1. The molecule has 0 bridgehead atoms. The highest BCUT2D eigenvalue weighted by Crippen LogP contribution is 2.13. The Bertz CT molecular complexity index is 349. The molecule has 1 aromatic carbocycles. The van der Waals surface area contributed by atoms with E-state index in [1.165, 1.54) is 6.20 Å². The van der Waals surface area contributed by atoms with Crippen LogP contribution in [0.2, 0.25) is 5.02 Å². The molecule has 66 valence electrons. The second-order valence-corrected chi connectivity index (χ2v) is 3.10. The van der Waals surface area contributed by atoms with E-state index in [-0.39, 0.29) is 5.03 Å². The summed E-state index contributed by atoms with van der Waals surface area (Å²) in [5.41, 5.74) is 0.831. The molecule has 0 fully saturated rings. The van der Waals surface area contributed by atoms with Gasteiger partial charge in [0, 0.05) is 16.9 Å². The summed E-state index contributed by atoms with van der Waals surface area (Å²) in [6.45, 7) is 0. The quantitative estimate of drug-likeness (QED) is 0.764. The molecule has 2 nitrogen and oxygen atoms in total. The van der Waals surface area contributed by atoms with Gasteiger partial charge in [0.15, 0.2) is 0 Å². The SMILES string of the molecule is N#C/C(Cl)=C/Nc1ccc(Cl)cc1. The van der Waals surface area contributed by atoms with Crippen molar-refractivity contribution in [3.63, 3.8) is 0 Å². The van der Waals surface area contributed by atoms with E-state index >= 15 is 0 Å². The lowest BCUT2D eigenvalue weighted by Crippen LogP contribution is -1.87. The Morgan fingerprint density at radius 3 is 2.54 bits per heavy atom. The molecule has 1 aromatic rings. The van der Waals surface area contributed by atoms with Gasteiger partial charge in [-0.15, -0.1) is 0 Å². The average molecular weight is 213 g/mol. The van der Waals surface area contributed by atoms with E-state index in [2.05, 4.69) is 5.32 Å². The lowest BCUT2D eigenvalue weighted by molar-refractivity contribution is 1.51. The standard InChI is InChI=1S/C9H6Cl2N2/c10-7-1-3-9(4-2-7)13-6-8(11)5-12/h1-4,6,13H/b8-6-. The van der Waals surface area contributed by atoms with Gasteiger partial charge in [-0.3, -0.25) is 0 Å². The van der Waals surface area contributed by atoms with Crippen LogP contribution in [-0.2, 0) is 0 Å². The van der Waals surface area contributed by atoms with E-state index in [1.807, 2.05) is 0 Å². The Kier molecular flexibility index (Phi) is 3.63. The number of rotatable bonds is 2. The van der Waals surface area contributed by atoms with Crippen molar-refractivity contribution in [3.8, 4) is 6.07 Å². The van der Waals surface area contributed by atoms with Gasteiger partial charge < -0.3 is 5.32 Å². The second-order valence-electron chi connectivity index (χ2n) is 2.26. The predicted octanol–water partition coefficient (Wildman–Crippen LogP) is 3.36. The number of allylic oxidation sites excluding steroid dienone is 1. The normalized spacial score (nSPS) is 10.7. The molecule has 0 atom stereocenters. The van der Waals surface area contributed by atoms with Gasteiger partial charge in [-0.1, -0.05) is 23.2 Å². The molecule has 0 aliphatic heterocycles. The van der Waals surface area contributed by atoms with Crippen LogP contribution in [0.25, 0.3) is 0 Å². The Hall–Kier alpha value is -1.17. The Balaban J connectivity index is 2.67. The Morgan fingerprint density at radius 1 is 1.38 bits per heavy atom. The van der Waals surface area contributed by atoms with Crippen LogP contribution >= 0.6 is 23.2 Å². The van der Waals surface area contributed by atoms with Crippen molar-refractivity contribution in [1.29, 1.82) is 5.26 Å². The first kappa shape index (κ1) is 9.91. The van der Waals surface area contributed by atoms with Crippen LogP contribution in [0.1, 0.15) is 0 Å². The van der Waals surface area contributed by atoms with E-state index in [9.17, 15) is 0 Å². The molecule has 0 aliphatic rings. The molecule has 0 amide bonds. The first-order valence-corrected chi connectivity index (χ1v) is 4.26. The van der Waals surface area contributed by atoms with Crippen molar-refractivity contribution in [1.82, 2.24) is 0 Å². The number of hydrogen-bond donors (Lipinski definition) is 1. The van der Waals surface area contributed by atoms with Crippen molar-refractivity contribution in [2.24, 2.45) is 0 Å². The maximum Gasteiger partial charge on any atom is 0.134 e. The van der Waals surface area contributed by atoms with Crippen LogP contribution in [0, 0.1) is 11.3 Å². The third-order valence-electron chi connectivity index (χ3n) is 1.32. The summed E-state index contributed by atoms with van der Waals surface area (Å²) >= 11 is 11.1. The molecule has 1 N–H and O–H groups in total. The molecule has 0 unspecified atom stereocenters. The van der Waals surface area contributed by atoms with Crippen molar-refractivity contribution in [3.05, 3.63) is 40.5 Å². The second kappa shape index (κ2) is 4.76. The highest BCUT2D eigenvalue weighted by Gasteiger charge is 1.90. The summed E-state index contributed by atoms with van der Waals surface area (Å²) in [5, 5.41) is 12.0. The van der Waals surface area contributed by atoms with Crippen LogP contribution in [0.15, 0.2) is 35.5 Å². The number of anilines is 1. The summed E-state index contributed by atoms with van der Waals surface area (Å²) in [7, 11) is 0. The number of hydrogen-bond acceptors (Lipinski definition) is 2. The number of nitriles is 1. The molecule has 0 radical (unpaired) electrons. The molecule has 0 saturated carbocycles. The zero-order valence-electron chi connectivity index (χ0n) is 6.59. The van der Waals surface area contributed by atoms with Crippen LogP contribution < -0.4 is 5.32 Å². The van der Waals surface area contributed by atoms with Gasteiger partial charge in [-0.25, -0.2) is 0 Å². The van der Waals surface area contributed by atoms with Gasteiger partial charge in [0.05, 0.1) is 0 Å². The zero-order chi connectivity index (χ0) is 9.68. The first-order valence-electron chi connectivity index (χ1n) is 3.50. The van der Waals surface area contributed by atoms with Gasteiger partial charge >= 0.3 is 0 Å². The third-order valence-corrected chi connectivity index (χ3v) is 1.76. The van der Waals surface area contributed by atoms with Crippen molar-refractivity contribution in [2.45, 2.75) is 0 Å². The highest BCUT2D eigenvalue weighted by molar-refractivity contribution is 6.32. The van der Waals surface area contributed by atoms with E-state index < -0.39 is 0 Å². The van der Waals surface area contributed by atoms with Crippen LogP contribution in [0.4, 0.5) is 5.69 Å². The summed E-state index contributed by atoms with van der Waals surface area (Å²) in [5.74, 6) is 0. The highest BCUT2D eigenvalue weighted by atomic mass is 35.5. The number of nitrogens with one attached hydrogen (secondary N) is 1. The minimum absolute atomic E-state index is 0.106. The summed E-state index contributed by atoms with van der Waals surface area (Å²) in [6, 6.07) is 8.86. The molecule has 0 aromatic heterocycles. The molecular weight excluding hydrogens is 207 g/mol. The molecule has 4 heteroatoms. The van der Waals surface area contributed by atoms with Crippen molar-refractivity contribution >= 4 is 28.9 Å². The maximum atomic E-state index is 8.35. The van der Waals surface area contributed by atoms with Gasteiger partial charge in [0.25, 0.3) is 0 Å². The minimum Gasteiger partial charge on any atom is -0.360 e. The monoisotopic (exact) mass is 212 g/mol. The maximum absolute atomic E-state index is 8.35. The average Bonchev–Trinajstić information content (AvgIpc) is 2.16. The van der Waals surface area contributed by atoms with Crippen LogP contribution in [0.5, 0.6) is 0 Å². The Labute approximate surface area is 86.4 Å². The molecule has 1 rings (SSSR count). The molecule has 0 aliphatic carbocycles. The van der Waals surface area contributed by atoms with Gasteiger partial charge in [0.2, 0.25) is 0 Å². The van der Waals surface area contributed by atoms with E-state index in [4.69, 9.17) is 28.5 Å². The smallest absolute Gasteiger partial charge is 0.134 e. The minimum atomic E-state index is 0.106. The molecule has 0 heterocycles. The fourth-order valence-electron chi connectivity index (χ4n) is 0.725. The van der Waals surface area contributed by atoms with E-state index in [0.717, 1.165) is 5.69 Å². The molecule has 0 saturated heterocycles. The van der Waals surface area contributed by atoms with Crippen LogP contribution in [-0.4, -0.2) is 0 Å². The van der Waals surface area contributed by atoms with Gasteiger partial charge in [-0.2, -0.15) is 5.26 Å². The third kappa shape index (κ3) is 3.37. The van der Waals surface area contributed by atoms with E-state index in [0.29, 0.717) is 5.02 Å². The zero-order valence-corrected chi connectivity index (χ0v) is 8.10. The topological polar surface area (TPSA) is 35.8 Å². The number of halogens is 2. The summed E-state index contributed by atoms with van der Waals surface area (Å²) in [4.78, 5) is 0. The molecular formula is C9H6Cl2N2. The van der Waals surface area contributed by atoms with Crippen molar-refractivity contribution < 1.29 is 0 Å². The lowest BCUT2D eigenvalue weighted by Gasteiger charge is -1.99. The summed E-state index contributed by atoms with van der Waals surface area (Å²) in [6.07, 6.45) is 1.42. The fourth-order valence-corrected chi connectivity index (χ4v) is 0.906. The number of benzene rings is 1. The largest absolute Gasteiger partial charge is 0.360 e. The van der Waals surface area contributed by atoms with Crippen LogP contribution in [0.3, 0.4) is 0 Å². The fraction of sp³-hybridized carbons (Fsp3) is 0.